The average molecular weight is 732 g/mol. The predicted octanol–water partition coefficient (Wildman–Crippen LogP) is 10.7. The number of fused-ring (bicyclic) bond motifs is 4. The molecule has 3 aliphatic rings. The van der Waals surface area contributed by atoms with E-state index in [9.17, 15) is 0 Å². The van der Waals surface area contributed by atoms with Crippen LogP contribution in [0.4, 0.5) is 0 Å². The molecule has 9 heteroatoms. The highest BCUT2D eigenvalue weighted by molar-refractivity contribution is 7.99. The lowest BCUT2D eigenvalue weighted by molar-refractivity contribution is 0.221. The van der Waals surface area contributed by atoms with Crippen LogP contribution >= 0.6 is 11.8 Å². The van der Waals surface area contributed by atoms with Crippen LogP contribution in [0.2, 0.25) is 36.3 Å². The first-order chi connectivity index (χ1) is 23.5. The van der Waals surface area contributed by atoms with Crippen molar-refractivity contribution < 1.29 is 23.1 Å². The van der Waals surface area contributed by atoms with Gasteiger partial charge in [-0.3, -0.25) is 4.90 Å². The van der Waals surface area contributed by atoms with E-state index in [1.807, 2.05) is 11.8 Å². The Morgan fingerprint density at radius 1 is 0.760 bits per heavy atom. The van der Waals surface area contributed by atoms with Gasteiger partial charge in [0.15, 0.2) is 6.10 Å². The van der Waals surface area contributed by atoms with Crippen molar-refractivity contribution in [3.63, 3.8) is 0 Å². The van der Waals surface area contributed by atoms with Crippen LogP contribution in [0.25, 0.3) is 11.1 Å². The highest BCUT2D eigenvalue weighted by Gasteiger charge is 2.41. The molecule has 3 aromatic carbocycles. The second-order valence-electron chi connectivity index (χ2n) is 16.9. The lowest BCUT2D eigenvalue weighted by Gasteiger charge is -2.37. The Bertz CT molecular complexity index is 1720. The predicted molar refractivity (Wildman–Crippen MR) is 215 cm³/mol. The molecule has 6 nitrogen and oxygen atoms in total. The molecule has 0 N–H and O–H groups in total. The molecule has 0 unspecified atom stereocenters. The fourth-order valence-corrected chi connectivity index (χ4v) is 9.18. The Hall–Kier alpha value is -2.86. The van der Waals surface area contributed by atoms with Crippen LogP contribution in [0.3, 0.4) is 0 Å². The van der Waals surface area contributed by atoms with Crippen molar-refractivity contribution in [2.24, 2.45) is 0 Å². The topological polar surface area (TPSA) is 49.4 Å². The Labute approximate surface area is 307 Å². The minimum Gasteiger partial charge on any atom is -0.543 e. The summed E-state index contributed by atoms with van der Waals surface area (Å²) in [5.74, 6) is 6.68. The Kier molecular flexibility index (Phi) is 10.5. The van der Waals surface area contributed by atoms with Gasteiger partial charge in [0.25, 0.3) is 0 Å². The van der Waals surface area contributed by atoms with Crippen LogP contribution in [-0.2, 0) is 0 Å². The Morgan fingerprint density at radius 3 is 2.02 bits per heavy atom. The minimum atomic E-state index is -2.05. The third-order valence-electron chi connectivity index (χ3n) is 11.3. The first-order valence-corrected chi connectivity index (χ1v) is 25.2. The van der Waals surface area contributed by atoms with Crippen molar-refractivity contribution in [1.82, 2.24) is 4.90 Å². The van der Waals surface area contributed by atoms with Gasteiger partial charge in [-0.1, -0.05) is 53.7 Å². The van der Waals surface area contributed by atoms with Crippen molar-refractivity contribution in [1.29, 1.82) is 0 Å². The maximum Gasteiger partial charge on any atom is 0.250 e. The fraction of sp³-hybridized carbons (Fsp3) is 0.512. The number of benzene rings is 3. The zero-order valence-electron chi connectivity index (χ0n) is 31.9. The summed E-state index contributed by atoms with van der Waals surface area (Å²) in [6, 6.07) is 21.2. The number of thioether (sulfide) groups is 1. The van der Waals surface area contributed by atoms with Gasteiger partial charge in [0.1, 0.15) is 35.4 Å². The summed E-state index contributed by atoms with van der Waals surface area (Å²) in [6.07, 6.45) is 0.415. The molecule has 0 spiro atoms. The summed E-state index contributed by atoms with van der Waals surface area (Å²) in [5.41, 5.74) is 5.60. The summed E-state index contributed by atoms with van der Waals surface area (Å²) in [7, 11) is -4.08. The van der Waals surface area contributed by atoms with Crippen molar-refractivity contribution in [2.75, 3.05) is 44.4 Å². The van der Waals surface area contributed by atoms with Crippen molar-refractivity contribution in [3.8, 4) is 28.7 Å². The van der Waals surface area contributed by atoms with Crippen molar-refractivity contribution in [3.05, 3.63) is 77.4 Å². The Balaban J connectivity index is 1.38. The van der Waals surface area contributed by atoms with E-state index < -0.39 is 16.6 Å². The third-order valence-corrected chi connectivity index (χ3v) is 20.9. The van der Waals surface area contributed by atoms with E-state index in [1.165, 1.54) is 17.1 Å². The molecule has 1 fully saturated rings. The zero-order chi connectivity index (χ0) is 35.9. The third kappa shape index (κ3) is 7.96. The van der Waals surface area contributed by atoms with Crippen LogP contribution in [0.5, 0.6) is 28.7 Å². The molecule has 0 aliphatic carbocycles. The van der Waals surface area contributed by atoms with Gasteiger partial charge >= 0.3 is 0 Å². The van der Waals surface area contributed by atoms with Crippen molar-refractivity contribution in [2.45, 2.75) is 90.3 Å². The van der Waals surface area contributed by atoms with Gasteiger partial charge in [0, 0.05) is 72.0 Å². The molecule has 0 saturated carbocycles. The zero-order valence-corrected chi connectivity index (χ0v) is 34.7. The van der Waals surface area contributed by atoms with Gasteiger partial charge in [0.05, 0.1) is 6.61 Å². The molecule has 1 saturated heterocycles. The number of ether oxygens (including phenoxy) is 3. The van der Waals surface area contributed by atoms with E-state index in [-0.39, 0.29) is 16.2 Å². The molecule has 6 rings (SSSR count). The lowest BCUT2D eigenvalue weighted by Crippen LogP contribution is -2.43. The number of rotatable bonds is 9. The van der Waals surface area contributed by atoms with E-state index >= 15 is 0 Å². The smallest absolute Gasteiger partial charge is 0.250 e. The highest BCUT2D eigenvalue weighted by Crippen LogP contribution is 2.53. The van der Waals surface area contributed by atoms with Crippen LogP contribution < -0.4 is 23.1 Å². The quantitative estimate of drug-likeness (QED) is 0.203. The van der Waals surface area contributed by atoms with Gasteiger partial charge < -0.3 is 23.1 Å². The molecule has 0 radical (unpaired) electrons. The molecular formula is C41H57NO5SSi2. The van der Waals surface area contributed by atoms with Gasteiger partial charge in [-0.15, -0.1) is 0 Å². The largest absolute Gasteiger partial charge is 0.543 e. The second kappa shape index (κ2) is 14.3. The molecular weight excluding hydrogens is 675 g/mol. The van der Waals surface area contributed by atoms with Crippen LogP contribution in [0.1, 0.15) is 70.8 Å². The van der Waals surface area contributed by atoms with E-state index in [0.29, 0.717) is 13.2 Å². The second-order valence-corrected chi connectivity index (χ2v) is 27.6. The number of nitrogens with zero attached hydrogens (tertiary/aromatic N) is 1. The van der Waals surface area contributed by atoms with E-state index in [4.69, 9.17) is 23.1 Å². The molecule has 3 aromatic rings. The van der Waals surface area contributed by atoms with Crippen molar-refractivity contribution >= 4 is 39.5 Å². The summed E-state index contributed by atoms with van der Waals surface area (Å²) < 4.78 is 33.5. The van der Waals surface area contributed by atoms with Crippen LogP contribution in [0, 0.1) is 0 Å². The van der Waals surface area contributed by atoms with E-state index in [0.717, 1.165) is 77.1 Å². The normalized spacial score (nSPS) is 18.6. The molecule has 3 aliphatic heterocycles. The molecule has 1 atom stereocenters. The minimum absolute atomic E-state index is 0.0882. The maximum atomic E-state index is 7.08. The summed E-state index contributed by atoms with van der Waals surface area (Å²) in [4.78, 5) is 2.49. The summed E-state index contributed by atoms with van der Waals surface area (Å²) >= 11 is 2.03. The van der Waals surface area contributed by atoms with Crippen LogP contribution in [-0.4, -0.2) is 65.9 Å². The maximum absolute atomic E-state index is 7.08. The first kappa shape index (κ1) is 36.9. The molecule has 270 valence electrons. The fourth-order valence-electron chi connectivity index (χ4n) is 6.16. The molecule has 0 aromatic heterocycles. The number of hydrogen-bond acceptors (Lipinski definition) is 7. The van der Waals surface area contributed by atoms with Gasteiger partial charge in [-0.25, -0.2) is 0 Å². The molecule has 3 heterocycles. The summed E-state index contributed by atoms with van der Waals surface area (Å²) in [6.45, 7) is 27.2. The highest BCUT2D eigenvalue weighted by atomic mass is 32.2. The number of hydrogen-bond donors (Lipinski definition) is 0. The van der Waals surface area contributed by atoms with Gasteiger partial charge in [-0.2, -0.15) is 11.8 Å². The average Bonchev–Trinajstić information content (AvgIpc) is 3.23. The molecule has 0 bridgehead atoms. The van der Waals surface area contributed by atoms with Crippen LogP contribution in [0.15, 0.2) is 60.7 Å². The molecule has 0 amide bonds. The van der Waals surface area contributed by atoms with E-state index in [1.54, 1.807) is 0 Å². The standard InChI is InChI=1S/C41H57NO5SSi2/c1-40(2,3)49(7,8)46-31-15-17-35-36(27-31)44-22-18-34-33-16-14-32(47-50(9,10)41(4,5)6)28-37(33)45-39(38(34)35)29-12-11-13-30(26-29)43-23-19-42-20-24-48-25-21-42/h11-17,26-28,39H,18-25H2,1-10H3/t39-/m0/s1. The summed E-state index contributed by atoms with van der Waals surface area (Å²) in [5, 5.41) is 0.181. The van der Waals surface area contributed by atoms with Gasteiger partial charge in [-0.05, 0) is 78.2 Å². The van der Waals surface area contributed by atoms with Gasteiger partial charge in [0.2, 0.25) is 16.6 Å². The molecule has 50 heavy (non-hydrogen) atoms. The lowest BCUT2D eigenvalue weighted by atomic mass is 9.84. The Morgan fingerprint density at radius 2 is 1.38 bits per heavy atom. The first-order valence-electron chi connectivity index (χ1n) is 18.2. The van der Waals surface area contributed by atoms with E-state index in [2.05, 4.69) is 133 Å². The monoisotopic (exact) mass is 731 g/mol. The SMILES string of the molecule is CC(C)(C)[Si](C)(C)Oc1ccc2c(c1)O[C@@H](c1cccc(OCCN3CCSCC3)c1)C1=C2CCOc2cc(O[Si](C)(C)C(C)(C)C)ccc21.